The lowest BCUT2D eigenvalue weighted by Gasteiger charge is -2.27. The number of nitrogens with zero attached hydrogens (tertiary/aromatic N) is 3. The summed E-state index contributed by atoms with van der Waals surface area (Å²) in [5.41, 5.74) is -1.31. The standard InChI is InChI=1S/C15H12N3O9P/c19-14-11-6-9(17(21)22)4-8-5-10(18(23)24)7-12(13(8)11)15(20)16(14)2-1-3-28(25,26)27/h4-7H,1-3H2,(H2,25,26,27). The van der Waals surface area contributed by atoms with Crippen molar-refractivity contribution in [1.82, 2.24) is 4.90 Å². The van der Waals surface area contributed by atoms with E-state index in [0.29, 0.717) is 4.90 Å². The van der Waals surface area contributed by atoms with Crippen LogP contribution in [-0.2, 0) is 4.57 Å². The van der Waals surface area contributed by atoms with Gasteiger partial charge < -0.3 is 9.79 Å². The molecule has 28 heavy (non-hydrogen) atoms. The quantitative estimate of drug-likeness (QED) is 0.311. The third-order valence-electron chi connectivity index (χ3n) is 4.22. The lowest BCUT2D eigenvalue weighted by atomic mass is 9.92. The van der Waals surface area contributed by atoms with Crippen LogP contribution in [0.2, 0.25) is 0 Å². The Balaban J connectivity index is 2.16. The number of nitro groups is 2. The number of hydrogen-bond acceptors (Lipinski definition) is 7. The Kier molecular flexibility index (Phi) is 4.71. The van der Waals surface area contributed by atoms with Crippen molar-refractivity contribution in [1.29, 1.82) is 0 Å². The Hall–Kier alpha value is -3.21. The van der Waals surface area contributed by atoms with Crippen molar-refractivity contribution < 1.29 is 33.8 Å². The molecular weight excluding hydrogens is 397 g/mol. The van der Waals surface area contributed by atoms with Crippen LogP contribution in [0.25, 0.3) is 10.8 Å². The second-order valence-electron chi connectivity index (χ2n) is 6.10. The molecule has 0 unspecified atom stereocenters. The summed E-state index contributed by atoms with van der Waals surface area (Å²) >= 11 is 0. The number of non-ortho nitro benzene ring substituents is 2. The molecule has 1 aliphatic rings. The number of hydrogen-bond donors (Lipinski definition) is 2. The summed E-state index contributed by atoms with van der Waals surface area (Å²) in [5, 5.41) is 22.4. The van der Waals surface area contributed by atoms with E-state index in [4.69, 9.17) is 9.79 Å². The van der Waals surface area contributed by atoms with Gasteiger partial charge in [-0.1, -0.05) is 0 Å². The fourth-order valence-electron chi connectivity index (χ4n) is 3.05. The lowest BCUT2D eigenvalue weighted by molar-refractivity contribution is -0.385. The summed E-state index contributed by atoms with van der Waals surface area (Å²) in [5.74, 6) is -1.74. The second kappa shape index (κ2) is 6.75. The molecule has 0 saturated heterocycles. The van der Waals surface area contributed by atoms with Crippen LogP contribution in [0.4, 0.5) is 11.4 Å². The molecule has 0 bridgehead atoms. The van der Waals surface area contributed by atoms with Gasteiger partial charge >= 0.3 is 7.60 Å². The summed E-state index contributed by atoms with van der Waals surface area (Å²) in [4.78, 5) is 64.8. The minimum absolute atomic E-state index is 0.00460. The molecule has 0 spiro atoms. The number of carbonyl (C=O) groups is 2. The molecule has 2 N–H and O–H groups in total. The van der Waals surface area contributed by atoms with Crippen molar-refractivity contribution in [3.63, 3.8) is 0 Å². The number of imide groups is 1. The highest BCUT2D eigenvalue weighted by Gasteiger charge is 2.36. The van der Waals surface area contributed by atoms with Gasteiger partial charge in [0.2, 0.25) is 0 Å². The van der Waals surface area contributed by atoms with Gasteiger partial charge in [0.15, 0.2) is 0 Å². The molecule has 1 heterocycles. The van der Waals surface area contributed by atoms with Crippen LogP contribution in [0.5, 0.6) is 0 Å². The molecule has 2 amide bonds. The molecule has 0 atom stereocenters. The molecule has 13 heteroatoms. The summed E-state index contributed by atoms with van der Waals surface area (Å²) < 4.78 is 11.0. The summed E-state index contributed by atoms with van der Waals surface area (Å²) in [7, 11) is -4.35. The van der Waals surface area contributed by atoms with Gasteiger partial charge in [-0.15, -0.1) is 0 Å². The van der Waals surface area contributed by atoms with Gasteiger partial charge in [0, 0.05) is 36.2 Å². The van der Waals surface area contributed by atoms with E-state index in [1.165, 1.54) is 0 Å². The SMILES string of the molecule is O=C1c2cc([N+](=O)[O-])cc3cc([N+](=O)[O-])cc(c23)C(=O)N1CCCP(=O)(O)O. The predicted molar refractivity (Wildman–Crippen MR) is 94.2 cm³/mol. The molecule has 12 nitrogen and oxygen atoms in total. The highest BCUT2D eigenvalue weighted by Crippen LogP contribution is 2.38. The number of rotatable bonds is 6. The number of amides is 2. The molecule has 146 valence electrons. The third kappa shape index (κ3) is 3.48. The highest BCUT2D eigenvalue weighted by atomic mass is 31.2. The number of benzene rings is 2. The normalized spacial score (nSPS) is 13.9. The maximum Gasteiger partial charge on any atom is 0.325 e. The van der Waals surface area contributed by atoms with Crippen LogP contribution in [0.15, 0.2) is 24.3 Å². The summed E-state index contributed by atoms with van der Waals surface area (Å²) in [6, 6.07) is 4.03. The molecule has 2 aromatic carbocycles. The van der Waals surface area contributed by atoms with E-state index in [-0.39, 0.29) is 34.9 Å². The molecule has 0 aliphatic carbocycles. The van der Waals surface area contributed by atoms with E-state index in [1.54, 1.807) is 0 Å². The Morgan fingerprint density at radius 3 is 1.79 bits per heavy atom. The monoisotopic (exact) mass is 409 g/mol. The smallest absolute Gasteiger partial charge is 0.324 e. The number of nitro benzene ring substituents is 2. The van der Waals surface area contributed by atoms with Gasteiger partial charge in [-0.2, -0.15) is 0 Å². The zero-order valence-corrected chi connectivity index (χ0v) is 14.9. The predicted octanol–water partition coefficient (Wildman–Crippen LogP) is 1.82. The Morgan fingerprint density at radius 2 is 1.39 bits per heavy atom. The minimum atomic E-state index is -4.35. The van der Waals surface area contributed by atoms with Crippen LogP contribution < -0.4 is 0 Å². The molecule has 0 saturated carbocycles. The van der Waals surface area contributed by atoms with E-state index >= 15 is 0 Å². The third-order valence-corrected chi connectivity index (χ3v) is 5.12. The van der Waals surface area contributed by atoms with E-state index in [2.05, 4.69) is 0 Å². The fraction of sp³-hybridized carbons (Fsp3) is 0.200. The van der Waals surface area contributed by atoms with Crippen LogP contribution in [0.1, 0.15) is 27.1 Å². The number of carbonyl (C=O) groups excluding carboxylic acids is 2. The first-order valence-electron chi connectivity index (χ1n) is 7.81. The highest BCUT2D eigenvalue weighted by molar-refractivity contribution is 7.51. The molecule has 1 aliphatic heterocycles. The zero-order valence-electron chi connectivity index (χ0n) is 14.0. The van der Waals surface area contributed by atoms with Crippen LogP contribution in [0.3, 0.4) is 0 Å². The van der Waals surface area contributed by atoms with Gasteiger partial charge in [0.1, 0.15) is 0 Å². The maximum atomic E-state index is 12.7. The average molecular weight is 409 g/mol. The van der Waals surface area contributed by atoms with Gasteiger partial charge in [-0.25, -0.2) is 0 Å². The maximum absolute atomic E-state index is 12.7. The summed E-state index contributed by atoms with van der Waals surface area (Å²) in [6.45, 7) is -0.352. The van der Waals surface area contributed by atoms with Crippen LogP contribution >= 0.6 is 7.60 Å². The molecule has 0 radical (unpaired) electrons. The molecular formula is C15H12N3O9P. The van der Waals surface area contributed by atoms with E-state index < -0.39 is 46.8 Å². The van der Waals surface area contributed by atoms with Crippen molar-refractivity contribution in [3.05, 3.63) is 55.6 Å². The van der Waals surface area contributed by atoms with Crippen molar-refractivity contribution in [2.24, 2.45) is 0 Å². The van der Waals surface area contributed by atoms with Crippen molar-refractivity contribution in [2.75, 3.05) is 12.7 Å². The van der Waals surface area contributed by atoms with Gasteiger partial charge in [-0.3, -0.25) is 39.3 Å². The van der Waals surface area contributed by atoms with Crippen molar-refractivity contribution in [3.8, 4) is 0 Å². The Morgan fingerprint density at radius 1 is 0.929 bits per heavy atom. The van der Waals surface area contributed by atoms with Crippen LogP contribution in [-0.4, -0.2) is 49.1 Å². The van der Waals surface area contributed by atoms with Gasteiger partial charge in [0.25, 0.3) is 23.2 Å². The van der Waals surface area contributed by atoms with Gasteiger partial charge in [-0.05, 0) is 11.8 Å². The Bertz CT molecular complexity index is 1040. The zero-order chi connectivity index (χ0) is 20.8. The first-order chi connectivity index (χ1) is 13.0. The topological polar surface area (TPSA) is 181 Å². The first-order valence-corrected chi connectivity index (χ1v) is 9.61. The van der Waals surface area contributed by atoms with E-state index in [9.17, 15) is 34.4 Å². The van der Waals surface area contributed by atoms with E-state index in [1.807, 2.05) is 0 Å². The van der Waals surface area contributed by atoms with Crippen molar-refractivity contribution >= 4 is 41.6 Å². The van der Waals surface area contributed by atoms with Crippen LogP contribution in [0, 0.1) is 20.2 Å². The van der Waals surface area contributed by atoms with Crippen molar-refractivity contribution in [2.45, 2.75) is 6.42 Å². The minimum Gasteiger partial charge on any atom is -0.324 e. The van der Waals surface area contributed by atoms with E-state index in [0.717, 1.165) is 24.3 Å². The molecule has 3 rings (SSSR count). The molecule has 2 aromatic rings. The average Bonchev–Trinajstić information content (AvgIpc) is 2.60. The molecule has 0 fully saturated rings. The fourth-order valence-corrected chi connectivity index (χ4v) is 3.61. The second-order valence-corrected chi connectivity index (χ2v) is 7.88. The lowest BCUT2D eigenvalue weighted by Crippen LogP contribution is -2.41. The molecule has 0 aromatic heterocycles. The first kappa shape index (κ1) is 19.5. The van der Waals surface area contributed by atoms with Gasteiger partial charge in [0.05, 0.1) is 27.1 Å². The Labute approximate surface area is 155 Å². The largest absolute Gasteiger partial charge is 0.325 e. The summed E-state index contributed by atoms with van der Waals surface area (Å²) in [6.07, 6.45) is -0.777.